The number of carbonyl (C=O) groups excluding carboxylic acids is 2. The van der Waals surface area contributed by atoms with Crippen LogP contribution in [0.4, 0.5) is 0 Å². The predicted molar refractivity (Wildman–Crippen MR) is 107 cm³/mol. The van der Waals surface area contributed by atoms with E-state index in [1.54, 1.807) is 21.9 Å². The van der Waals surface area contributed by atoms with E-state index in [-0.39, 0.29) is 30.2 Å². The third-order valence-electron chi connectivity index (χ3n) is 5.00. The van der Waals surface area contributed by atoms with Crippen LogP contribution in [0.15, 0.2) is 69.7 Å². The van der Waals surface area contributed by atoms with E-state index in [1.807, 2.05) is 49.4 Å². The molecule has 0 spiro atoms. The van der Waals surface area contributed by atoms with Crippen molar-refractivity contribution in [3.05, 3.63) is 83.7 Å². The summed E-state index contributed by atoms with van der Waals surface area (Å²) in [5, 5.41) is 0. The van der Waals surface area contributed by atoms with Crippen molar-refractivity contribution >= 4 is 11.8 Å². The first-order chi connectivity index (χ1) is 14.1. The van der Waals surface area contributed by atoms with Crippen molar-refractivity contribution in [2.24, 2.45) is 0 Å². The number of rotatable bonds is 8. The van der Waals surface area contributed by atoms with Gasteiger partial charge in [0.2, 0.25) is 5.91 Å². The number of furan rings is 2. The second-order valence-corrected chi connectivity index (χ2v) is 7.39. The number of hydrogen-bond donors (Lipinski definition) is 0. The summed E-state index contributed by atoms with van der Waals surface area (Å²) in [6.07, 6.45) is 3.30. The summed E-state index contributed by atoms with van der Waals surface area (Å²) in [6.45, 7) is 2.71. The Bertz CT molecular complexity index is 958. The Hall–Kier alpha value is -3.28. The lowest BCUT2D eigenvalue weighted by Crippen LogP contribution is -2.43. The molecule has 2 aromatic heterocycles. The summed E-state index contributed by atoms with van der Waals surface area (Å²) in [7, 11) is 0. The molecule has 0 aliphatic heterocycles. The Morgan fingerprint density at radius 2 is 1.79 bits per heavy atom. The van der Waals surface area contributed by atoms with Gasteiger partial charge in [0.25, 0.3) is 5.91 Å². The highest BCUT2D eigenvalue weighted by Crippen LogP contribution is 2.28. The van der Waals surface area contributed by atoms with Gasteiger partial charge in [0.05, 0.1) is 12.8 Å². The van der Waals surface area contributed by atoms with Crippen LogP contribution in [0.5, 0.6) is 0 Å². The third-order valence-corrected chi connectivity index (χ3v) is 5.00. The fourth-order valence-electron chi connectivity index (χ4n) is 3.33. The number of benzene rings is 1. The standard InChI is InChI=1S/C23H24N2O4/c1-17-9-12-20(29-17)15-24(14-18-6-3-2-4-7-18)22(26)16-25(19-10-11-19)23(27)21-8-5-13-28-21/h2-9,12-13,19H,10-11,14-16H2,1H3. The molecular formula is C23H24N2O4. The normalized spacial score (nSPS) is 13.3. The third kappa shape index (κ3) is 4.77. The van der Waals surface area contributed by atoms with Crippen molar-refractivity contribution in [2.75, 3.05) is 6.54 Å². The van der Waals surface area contributed by atoms with Crippen LogP contribution in [-0.2, 0) is 17.9 Å². The van der Waals surface area contributed by atoms with E-state index in [1.165, 1.54) is 6.26 Å². The molecule has 0 N–H and O–H groups in total. The summed E-state index contributed by atoms with van der Waals surface area (Å²) in [5.74, 6) is 1.44. The van der Waals surface area contributed by atoms with E-state index in [9.17, 15) is 9.59 Å². The van der Waals surface area contributed by atoms with E-state index >= 15 is 0 Å². The smallest absolute Gasteiger partial charge is 0.290 e. The van der Waals surface area contributed by atoms with Gasteiger partial charge in [0.15, 0.2) is 5.76 Å². The first-order valence-corrected chi connectivity index (χ1v) is 9.81. The Morgan fingerprint density at radius 1 is 1.00 bits per heavy atom. The molecule has 0 unspecified atom stereocenters. The van der Waals surface area contributed by atoms with Crippen molar-refractivity contribution in [2.45, 2.75) is 38.9 Å². The van der Waals surface area contributed by atoms with Gasteiger partial charge in [-0.2, -0.15) is 0 Å². The van der Waals surface area contributed by atoms with Gasteiger partial charge in [0.1, 0.15) is 18.1 Å². The molecular weight excluding hydrogens is 368 g/mol. The molecule has 2 heterocycles. The van der Waals surface area contributed by atoms with Gasteiger partial charge in [-0.15, -0.1) is 0 Å². The number of carbonyl (C=O) groups is 2. The summed E-state index contributed by atoms with van der Waals surface area (Å²) in [5.41, 5.74) is 1.03. The van der Waals surface area contributed by atoms with E-state index in [0.717, 1.165) is 29.9 Å². The average molecular weight is 392 g/mol. The molecule has 150 valence electrons. The van der Waals surface area contributed by atoms with Crippen molar-refractivity contribution < 1.29 is 18.4 Å². The highest BCUT2D eigenvalue weighted by atomic mass is 16.3. The van der Waals surface area contributed by atoms with Gasteiger partial charge in [-0.3, -0.25) is 9.59 Å². The van der Waals surface area contributed by atoms with Crippen LogP contribution in [0, 0.1) is 6.92 Å². The number of aryl methyl sites for hydroxylation is 1. The minimum absolute atomic E-state index is 0.0245. The second-order valence-electron chi connectivity index (χ2n) is 7.39. The zero-order valence-electron chi connectivity index (χ0n) is 16.4. The molecule has 0 bridgehead atoms. The summed E-state index contributed by atoms with van der Waals surface area (Å²) in [6, 6.07) is 17.0. The monoisotopic (exact) mass is 392 g/mol. The number of amides is 2. The minimum Gasteiger partial charge on any atom is -0.464 e. The van der Waals surface area contributed by atoms with Gasteiger partial charge in [-0.1, -0.05) is 30.3 Å². The van der Waals surface area contributed by atoms with Crippen LogP contribution >= 0.6 is 0 Å². The van der Waals surface area contributed by atoms with Crippen LogP contribution in [0.2, 0.25) is 0 Å². The molecule has 1 aliphatic rings. The van der Waals surface area contributed by atoms with Gasteiger partial charge < -0.3 is 18.6 Å². The van der Waals surface area contributed by atoms with Crippen molar-refractivity contribution in [3.8, 4) is 0 Å². The fourth-order valence-corrected chi connectivity index (χ4v) is 3.33. The molecule has 2 amide bonds. The largest absolute Gasteiger partial charge is 0.464 e. The van der Waals surface area contributed by atoms with Crippen LogP contribution in [0.1, 0.15) is 40.5 Å². The minimum atomic E-state index is -0.237. The molecule has 1 aliphatic carbocycles. The first kappa shape index (κ1) is 19.1. The van der Waals surface area contributed by atoms with Crippen LogP contribution in [0.25, 0.3) is 0 Å². The molecule has 29 heavy (non-hydrogen) atoms. The van der Waals surface area contributed by atoms with Gasteiger partial charge >= 0.3 is 0 Å². The molecule has 6 nitrogen and oxygen atoms in total. The molecule has 4 rings (SSSR count). The second kappa shape index (κ2) is 8.39. The highest BCUT2D eigenvalue weighted by Gasteiger charge is 2.36. The molecule has 6 heteroatoms. The molecule has 1 fully saturated rings. The Morgan fingerprint density at radius 3 is 2.41 bits per heavy atom. The molecule has 0 atom stereocenters. The van der Waals surface area contributed by atoms with E-state index in [0.29, 0.717) is 13.1 Å². The zero-order valence-corrected chi connectivity index (χ0v) is 16.4. The lowest BCUT2D eigenvalue weighted by atomic mass is 10.2. The highest BCUT2D eigenvalue weighted by molar-refractivity contribution is 5.94. The maximum atomic E-state index is 13.2. The first-order valence-electron chi connectivity index (χ1n) is 9.81. The zero-order chi connectivity index (χ0) is 20.2. The number of nitrogens with zero attached hydrogens (tertiary/aromatic N) is 2. The lowest BCUT2D eigenvalue weighted by molar-refractivity contribution is -0.133. The molecule has 0 radical (unpaired) electrons. The Labute approximate surface area is 169 Å². The summed E-state index contributed by atoms with van der Waals surface area (Å²) >= 11 is 0. The van der Waals surface area contributed by atoms with Gasteiger partial charge in [-0.05, 0) is 49.6 Å². The maximum absolute atomic E-state index is 13.2. The van der Waals surface area contributed by atoms with E-state index in [2.05, 4.69) is 0 Å². The maximum Gasteiger partial charge on any atom is 0.290 e. The van der Waals surface area contributed by atoms with Crippen LogP contribution in [-0.4, -0.2) is 34.2 Å². The molecule has 1 aromatic carbocycles. The van der Waals surface area contributed by atoms with Gasteiger partial charge in [0, 0.05) is 12.6 Å². The lowest BCUT2D eigenvalue weighted by Gasteiger charge is -2.27. The average Bonchev–Trinajstić information content (AvgIpc) is 3.24. The van der Waals surface area contributed by atoms with Crippen LogP contribution in [0.3, 0.4) is 0 Å². The molecule has 3 aromatic rings. The van der Waals surface area contributed by atoms with E-state index < -0.39 is 0 Å². The predicted octanol–water partition coefficient (Wildman–Crippen LogP) is 4.01. The van der Waals surface area contributed by atoms with Gasteiger partial charge in [-0.25, -0.2) is 0 Å². The number of hydrogen-bond acceptors (Lipinski definition) is 4. The Kier molecular flexibility index (Phi) is 5.51. The quantitative estimate of drug-likeness (QED) is 0.581. The molecule has 1 saturated carbocycles. The van der Waals surface area contributed by atoms with E-state index in [4.69, 9.17) is 8.83 Å². The van der Waals surface area contributed by atoms with Crippen LogP contribution < -0.4 is 0 Å². The van der Waals surface area contributed by atoms with Crippen molar-refractivity contribution in [3.63, 3.8) is 0 Å². The topological polar surface area (TPSA) is 66.9 Å². The SMILES string of the molecule is Cc1ccc(CN(Cc2ccccc2)C(=O)CN(C(=O)c2ccco2)C2CC2)o1. The van der Waals surface area contributed by atoms with Crippen molar-refractivity contribution in [1.29, 1.82) is 0 Å². The summed E-state index contributed by atoms with van der Waals surface area (Å²) < 4.78 is 10.9. The Balaban J connectivity index is 1.52. The fraction of sp³-hybridized carbons (Fsp3) is 0.304. The van der Waals surface area contributed by atoms with Crippen molar-refractivity contribution in [1.82, 2.24) is 9.80 Å². The summed E-state index contributed by atoms with van der Waals surface area (Å²) in [4.78, 5) is 29.4. The molecule has 0 saturated heterocycles.